The Labute approximate surface area is 61.6 Å². The zero-order valence-electron chi connectivity index (χ0n) is 1.50. The number of hydrogen-bond acceptors (Lipinski definition) is 0. The molecule has 0 aromatic rings. The monoisotopic (exact) mass is 112 g/mol. The van der Waals surface area contributed by atoms with Crippen molar-refractivity contribution in [1.82, 2.24) is 0 Å². The van der Waals surface area contributed by atoms with Crippen molar-refractivity contribution in [3.8, 4) is 0 Å². The molecule has 0 aromatic heterocycles. The first-order valence-corrected chi connectivity index (χ1v) is 0. The maximum atomic E-state index is 0. The Morgan fingerprint density at radius 1 is 0.750 bits per heavy atom. The van der Waals surface area contributed by atoms with E-state index in [1.165, 1.54) is 0 Å². The molecule has 28 valence electrons. The third-order valence-corrected chi connectivity index (χ3v) is 0. The van der Waals surface area contributed by atoms with Crippen LogP contribution in [0.3, 0.4) is 0 Å². The molecule has 0 atom stereocenters. The Kier molecular flexibility index (Phi) is 292. The molecule has 0 saturated heterocycles. The molecule has 0 unspecified atom stereocenters. The molecule has 4 N–H and O–H groups in total. The molecule has 0 saturated carbocycles. The van der Waals surface area contributed by atoms with Gasteiger partial charge in [0.25, 0.3) is 0 Å². The van der Waals surface area contributed by atoms with E-state index >= 15 is 0 Å². The number of hydrogen-bond donors (Lipinski definition) is 0. The van der Waals surface area contributed by atoms with Gasteiger partial charge in [0.15, 0.2) is 0 Å². The second-order valence-electron chi connectivity index (χ2n) is 0. The zero-order valence-corrected chi connectivity index (χ0v) is 2.50. The fourth-order valence-corrected chi connectivity index (χ4v) is 0. The van der Waals surface area contributed by atoms with Crippen molar-refractivity contribution in [1.29, 1.82) is 0 Å². The van der Waals surface area contributed by atoms with Gasteiger partial charge in [0.2, 0.25) is 0 Å². The molecule has 0 aliphatic heterocycles. The molecule has 4 heteroatoms. The van der Waals surface area contributed by atoms with Crippen molar-refractivity contribution in [2.75, 3.05) is 0 Å². The van der Waals surface area contributed by atoms with Crippen molar-refractivity contribution in [3.63, 3.8) is 0 Å². The topological polar surface area (TPSA) is 63.0 Å². The number of rotatable bonds is 0. The van der Waals surface area contributed by atoms with Crippen LogP contribution in [0.5, 0.6) is 0 Å². The second kappa shape index (κ2) is 24.1. The predicted molar refractivity (Wildman–Crippen MR) is 26.2 cm³/mol. The molecule has 0 bridgehead atoms. The Morgan fingerprint density at radius 2 is 0.750 bits per heavy atom. The van der Waals surface area contributed by atoms with E-state index in [1.54, 1.807) is 0 Å². The van der Waals surface area contributed by atoms with E-state index in [9.17, 15) is 0 Å². The van der Waals surface area contributed by atoms with Crippen LogP contribution in [0, 0.1) is 0 Å². The molecular formula is H8CaO2S. The molecule has 0 aromatic carbocycles. The summed E-state index contributed by atoms with van der Waals surface area (Å²) in [5, 5.41) is 0. The summed E-state index contributed by atoms with van der Waals surface area (Å²) in [6.07, 6.45) is 0. The SMILES string of the molecule is O.O.S.[CaH2]. The quantitative estimate of drug-likeness (QED) is 0.312. The molecule has 0 spiro atoms. The van der Waals surface area contributed by atoms with Crippen LogP contribution >= 0.6 is 13.5 Å². The van der Waals surface area contributed by atoms with Gasteiger partial charge in [0.1, 0.15) is 0 Å². The van der Waals surface area contributed by atoms with E-state index in [4.69, 9.17) is 0 Å². The standard InChI is InChI=1S/Ca.2H2O.H2S.2H/h;3*1H2;;. The maximum absolute atomic E-state index is 0. The molecular weight excluding hydrogens is 104 g/mol. The minimum atomic E-state index is 0. The first kappa shape index (κ1) is 48.5. The predicted octanol–water partition coefficient (Wildman–Crippen LogP) is -2.45. The summed E-state index contributed by atoms with van der Waals surface area (Å²) in [4.78, 5) is 0. The summed E-state index contributed by atoms with van der Waals surface area (Å²) < 4.78 is 0. The van der Waals surface area contributed by atoms with Crippen LogP contribution in [-0.4, -0.2) is 48.7 Å². The van der Waals surface area contributed by atoms with Crippen LogP contribution in [0.4, 0.5) is 0 Å². The van der Waals surface area contributed by atoms with Gasteiger partial charge in [0, 0.05) is 0 Å². The van der Waals surface area contributed by atoms with E-state index in [1.807, 2.05) is 0 Å². The summed E-state index contributed by atoms with van der Waals surface area (Å²) in [7, 11) is 0. The summed E-state index contributed by atoms with van der Waals surface area (Å²) in [6, 6.07) is 0. The van der Waals surface area contributed by atoms with Gasteiger partial charge in [-0.2, -0.15) is 13.5 Å². The first-order chi connectivity index (χ1) is 0. The molecule has 0 radical (unpaired) electrons. The fourth-order valence-electron chi connectivity index (χ4n) is 0. The molecule has 4 heavy (non-hydrogen) atoms. The van der Waals surface area contributed by atoms with Crippen molar-refractivity contribution in [3.05, 3.63) is 0 Å². The van der Waals surface area contributed by atoms with Gasteiger partial charge in [-0.1, -0.05) is 0 Å². The van der Waals surface area contributed by atoms with Crippen LogP contribution in [0.2, 0.25) is 0 Å². The van der Waals surface area contributed by atoms with Crippen LogP contribution in [0.1, 0.15) is 0 Å². The van der Waals surface area contributed by atoms with E-state index in [0.717, 1.165) is 0 Å². The van der Waals surface area contributed by atoms with Gasteiger partial charge in [0.05, 0.1) is 0 Å². The normalized spacial score (nSPS) is 0. The second-order valence-corrected chi connectivity index (χ2v) is 0. The van der Waals surface area contributed by atoms with Crippen molar-refractivity contribution >= 4 is 51.2 Å². The molecule has 2 nitrogen and oxygen atoms in total. The third kappa shape index (κ3) is 9.65. The summed E-state index contributed by atoms with van der Waals surface area (Å²) in [5.41, 5.74) is 0. The van der Waals surface area contributed by atoms with Gasteiger partial charge in [-0.25, -0.2) is 0 Å². The molecule has 0 heterocycles. The van der Waals surface area contributed by atoms with E-state index in [0.29, 0.717) is 0 Å². The fraction of sp³-hybridized carbons (Fsp3) is 0. The van der Waals surface area contributed by atoms with Gasteiger partial charge < -0.3 is 11.0 Å². The van der Waals surface area contributed by atoms with Gasteiger partial charge in [-0.15, -0.1) is 0 Å². The van der Waals surface area contributed by atoms with Gasteiger partial charge in [-0.05, 0) is 0 Å². The Bertz CT molecular complexity index is 6.00. The van der Waals surface area contributed by atoms with E-state index in [2.05, 4.69) is 0 Å². The van der Waals surface area contributed by atoms with Crippen LogP contribution < -0.4 is 0 Å². The average molecular weight is 112 g/mol. The van der Waals surface area contributed by atoms with Gasteiger partial charge >= 0.3 is 37.7 Å². The third-order valence-electron chi connectivity index (χ3n) is 0. The first-order valence-electron chi connectivity index (χ1n) is 0. The zero-order chi connectivity index (χ0) is 0. The van der Waals surface area contributed by atoms with Crippen molar-refractivity contribution < 1.29 is 11.0 Å². The summed E-state index contributed by atoms with van der Waals surface area (Å²) >= 11 is 0. The Hall–Kier alpha value is 1.53. The van der Waals surface area contributed by atoms with Crippen LogP contribution in [-0.2, 0) is 0 Å². The molecule has 0 aliphatic rings. The van der Waals surface area contributed by atoms with Crippen molar-refractivity contribution in [2.24, 2.45) is 0 Å². The minimum absolute atomic E-state index is 0. The molecule has 0 aliphatic carbocycles. The molecule has 0 rings (SSSR count). The average Bonchev–Trinajstić information content (AvgIpc) is 0. The Balaban J connectivity index is 0. The van der Waals surface area contributed by atoms with Crippen LogP contribution in [0.15, 0.2) is 0 Å². The summed E-state index contributed by atoms with van der Waals surface area (Å²) in [6.45, 7) is 0. The van der Waals surface area contributed by atoms with E-state index < -0.39 is 0 Å². The summed E-state index contributed by atoms with van der Waals surface area (Å²) in [5.74, 6) is 0. The Morgan fingerprint density at radius 3 is 0.750 bits per heavy atom. The van der Waals surface area contributed by atoms with E-state index in [-0.39, 0.29) is 62.2 Å². The van der Waals surface area contributed by atoms with Crippen molar-refractivity contribution in [2.45, 2.75) is 0 Å². The van der Waals surface area contributed by atoms with Crippen LogP contribution in [0.25, 0.3) is 0 Å². The molecule has 0 fully saturated rings. The molecule has 0 amide bonds. The van der Waals surface area contributed by atoms with Gasteiger partial charge in [-0.3, -0.25) is 0 Å².